The van der Waals surface area contributed by atoms with Gasteiger partial charge in [0.15, 0.2) is 5.16 Å². The zero-order chi connectivity index (χ0) is 13.0. The topological polar surface area (TPSA) is 55.1 Å². The Morgan fingerprint density at radius 2 is 2.44 bits per heavy atom. The Balaban J connectivity index is 1.97. The van der Waals surface area contributed by atoms with Gasteiger partial charge in [-0.05, 0) is 25.0 Å². The Hall–Kier alpha value is -0.620. The number of rotatable bonds is 6. The average Bonchev–Trinajstić information content (AvgIpc) is 2.94. The van der Waals surface area contributed by atoms with E-state index in [2.05, 4.69) is 16.5 Å². The lowest BCUT2D eigenvalue weighted by molar-refractivity contribution is -0.133. The molecule has 1 aromatic rings. The Kier molecular flexibility index (Phi) is 5.00. The molecule has 0 radical (unpaired) electrons. The van der Waals surface area contributed by atoms with Crippen LogP contribution in [-0.2, 0) is 4.79 Å². The van der Waals surface area contributed by atoms with Crippen LogP contribution in [-0.4, -0.2) is 37.4 Å². The highest BCUT2D eigenvalue weighted by Gasteiger charge is 2.27. The lowest BCUT2D eigenvalue weighted by atomic mass is 10.2. The van der Waals surface area contributed by atoms with Crippen molar-refractivity contribution in [3.8, 4) is 0 Å². The number of nitrogens with zero attached hydrogens (tertiary/aromatic N) is 2. The number of carboxylic acid groups (broad SMARTS) is 1. The van der Waals surface area contributed by atoms with Gasteiger partial charge in [-0.25, -0.2) is 4.98 Å². The van der Waals surface area contributed by atoms with Gasteiger partial charge in [-0.1, -0.05) is 18.7 Å². The van der Waals surface area contributed by atoms with E-state index in [0.29, 0.717) is 6.04 Å². The van der Waals surface area contributed by atoms with Crippen LogP contribution in [0.4, 0.5) is 0 Å². The van der Waals surface area contributed by atoms with Crippen molar-refractivity contribution in [1.82, 2.24) is 9.55 Å². The van der Waals surface area contributed by atoms with Crippen LogP contribution < -0.4 is 0 Å². The standard InChI is InChI=1S/C12H18N2O2S2/c1-2-17-10-4-3-9(7-10)14-6-5-13-12(14)18-8-11(15)16/h5-6,9-10H,2-4,7-8H2,1H3,(H,15,16). The second-order valence-electron chi connectivity index (χ2n) is 4.34. The van der Waals surface area contributed by atoms with E-state index in [1.807, 2.05) is 18.0 Å². The molecular formula is C12H18N2O2S2. The smallest absolute Gasteiger partial charge is 0.313 e. The van der Waals surface area contributed by atoms with Crippen LogP contribution in [0, 0.1) is 0 Å². The molecule has 0 spiro atoms. The van der Waals surface area contributed by atoms with Crippen molar-refractivity contribution in [2.75, 3.05) is 11.5 Å². The van der Waals surface area contributed by atoms with Gasteiger partial charge < -0.3 is 9.67 Å². The molecule has 2 atom stereocenters. The predicted molar refractivity (Wildman–Crippen MR) is 75.4 cm³/mol. The van der Waals surface area contributed by atoms with Crippen LogP contribution in [0.5, 0.6) is 0 Å². The summed E-state index contributed by atoms with van der Waals surface area (Å²) < 4.78 is 2.16. The molecule has 1 aliphatic carbocycles. The molecule has 18 heavy (non-hydrogen) atoms. The summed E-state index contributed by atoms with van der Waals surface area (Å²) in [5.74, 6) is 0.458. The number of thioether (sulfide) groups is 2. The maximum Gasteiger partial charge on any atom is 0.313 e. The van der Waals surface area contributed by atoms with E-state index in [9.17, 15) is 4.79 Å². The molecule has 6 heteroatoms. The summed E-state index contributed by atoms with van der Waals surface area (Å²) in [5.41, 5.74) is 0. The summed E-state index contributed by atoms with van der Waals surface area (Å²) in [6.07, 6.45) is 7.35. The number of aromatic nitrogens is 2. The van der Waals surface area contributed by atoms with Crippen LogP contribution in [0.15, 0.2) is 17.6 Å². The number of carboxylic acids is 1. The molecule has 1 N–H and O–H groups in total. The fourth-order valence-electron chi connectivity index (χ4n) is 2.37. The summed E-state index contributed by atoms with van der Waals surface area (Å²) in [5, 5.41) is 10.3. The van der Waals surface area contributed by atoms with Crippen LogP contribution in [0.25, 0.3) is 0 Å². The van der Waals surface area contributed by atoms with Crippen molar-refractivity contribution in [3.63, 3.8) is 0 Å². The molecule has 1 aliphatic rings. The number of aliphatic carboxylic acids is 1. The monoisotopic (exact) mass is 286 g/mol. The Morgan fingerprint density at radius 3 is 3.17 bits per heavy atom. The minimum Gasteiger partial charge on any atom is -0.481 e. The SMILES string of the molecule is CCSC1CCC(n2ccnc2SCC(=O)O)C1. The second-order valence-corrected chi connectivity index (χ2v) is 6.86. The van der Waals surface area contributed by atoms with Crippen molar-refractivity contribution >= 4 is 29.5 Å². The van der Waals surface area contributed by atoms with Crippen molar-refractivity contribution in [2.45, 2.75) is 42.6 Å². The first-order valence-electron chi connectivity index (χ1n) is 6.19. The molecule has 0 aromatic carbocycles. The van der Waals surface area contributed by atoms with Crippen LogP contribution >= 0.6 is 23.5 Å². The molecule has 1 fully saturated rings. The van der Waals surface area contributed by atoms with Crippen LogP contribution in [0.1, 0.15) is 32.2 Å². The van der Waals surface area contributed by atoms with Gasteiger partial charge in [0, 0.05) is 23.7 Å². The Bertz CT molecular complexity index is 409. The molecule has 0 amide bonds. The first-order valence-corrected chi connectivity index (χ1v) is 8.23. The molecule has 1 heterocycles. The second kappa shape index (κ2) is 6.52. The summed E-state index contributed by atoms with van der Waals surface area (Å²) in [7, 11) is 0. The van der Waals surface area contributed by atoms with Crippen molar-refractivity contribution in [1.29, 1.82) is 0 Å². The van der Waals surface area contributed by atoms with Gasteiger partial charge in [-0.3, -0.25) is 4.79 Å². The van der Waals surface area contributed by atoms with Gasteiger partial charge in [0.25, 0.3) is 0 Å². The molecule has 2 unspecified atom stereocenters. The summed E-state index contributed by atoms with van der Waals surface area (Å²) >= 11 is 3.34. The number of imidazole rings is 1. The first kappa shape index (κ1) is 13.8. The minimum absolute atomic E-state index is 0.0802. The normalized spacial score (nSPS) is 23.4. The maximum atomic E-state index is 10.6. The number of carbonyl (C=O) groups is 1. The first-order chi connectivity index (χ1) is 8.70. The van der Waals surface area contributed by atoms with E-state index in [1.54, 1.807) is 6.20 Å². The third-order valence-electron chi connectivity index (χ3n) is 3.11. The van der Waals surface area contributed by atoms with Gasteiger partial charge in [0.1, 0.15) is 0 Å². The minimum atomic E-state index is -0.791. The molecule has 0 aliphatic heterocycles. The zero-order valence-electron chi connectivity index (χ0n) is 10.4. The molecule has 100 valence electrons. The Labute approximate surface area is 116 Å². The third-order valence-corrected chi connectivity index (χ3v) is 5.31. The zero-order valence-corrected chi connectivity index (χ0v) is 12.0. The predicted octanol–water partition coefficient (Wildman–Crippen LogP) is 2.91. The highest BCUT2D eigenvalue weighted by molar-refractivity contribution is 8.00. The highest BCUT2D eigenvalue weighted by Crippen LogP contribution is 2.38. The van der Waals surface area contributed by atoms with E-state index in [-0.39, 0.29) is 5.75 Å². The quantitative estimate of drug-likeness (QED) is 0.815. The lowest BCUT2D eigenvalue weighted by Gasteiger charge is -2.15. The van der Waals surface area contributed by atoms with Crippen molar-refractivity contribution < 1.29 is 9.90 Å². The highest BCUT2D eigenvalue weighted by atomic mass is 32.2. The van der Waals surface area contributed by atoms with Gasteiger partial charge in [0.05, 0.1) is 5.75 Å². The van der Waals surface area contributed by atoms with Crippen LogP contribution in [0.2, 0.25) is 0 Å². The van der Waals surface area contributed by atoms with E-state index >= 15 is 0 Å². The lowest BCUT2D eigenvalue weighted by Crippen LogP contribution is -2.08. The van der Waals surface area contributed by atoms with E-state index in [1.165, 1.54) is 36.8 Å². The molecular weight excluding hydrogens is 268 g/mol. The van der Waals surface area contributed by atoms with Gasteiger partial charge in [-0.2, -0.15) is 11.8 Å². The maximum absolute atomic E-state index is 10.6. The summed E-state index contributed by atoms with van der Waals surface area (Å²) in [4.78, 5) is 14.9. The molecule has 4 nitrogen and oxygen atoms in total. The molecule has 0 bridgehead atoms. The van der Waals surface area contributed by atoms with E-state index < -0.39 is 5.97 Å². The van der Waals surface area contributed by atoms with Gasteiger partial charge in [-0.15, -0.1) is 0 Å². The fourth-order valence-corrected chi connectivity index (χ4v) is 4.25. The van der Waals surface area contributed by atoms with Crippen molar-refractivity contribution in [2.24, 2.45) is 0 Å². The molecule has 1 aromatic heterocycles. The third kappa shape index (κ3) is 3.45. The molecule has 2 rings (SSSR count). The molecule has 0 saturated heterocycles. The van der Waals surface area contributed by atoms with E-state index in [4.69, 9.17) is 5.11 Å². The van der Waals surface area contributed by atoms with Gasteiger partial charge >= 0.3 is 5.97 Å². The summed E-state index contributed by atoms with van der Waals surface area (Å²) in [6.45, 7) is 2.20. The van der Waals surface area contributed by atoms with Crippen molar-refractivity contribution in [3.05, 3.63) is 12.4 Å². The average molecular weight is 286 g/mol. The molecule has 1 saturated carbocycles. The largest absolute Gasteiger partial charge is 0.481 e. The number of hydrogen-bond donors (Lipinski definition) is 1. The van der Waals surface area contributed by atoms with E-state index in [0.717, 1.165) is 10.4 Å². The van der Waals surface area contributed by atoms with Gasteiger partial charge in [0.2, 0.25) is 0 Å². The van der Waals surface area contributed by atoms with Crippen LogP contribution in [0.3, 0.4) is 0 Å². The fraction of sp³-hybridized carbons (Fsp3) is 0.667. The summed E-state index contributed by atoms with van der Waals surface area (Å²) in [6, 6.07) is 0.493. The number of hydrogen-bond acceptors (Lipinski definition) is 4. The Morgan fingerprint density at radius 1 is 1.61 bits per heavy atom.